The summed E-state index contributed by atoms with van der Waals surface area (Å²) in [5, 5.41) is 5.11. The molecule has 3 aromatic carbocycles. The third kappa shape index (κ3) is 3.90. The van der Waals surface area contributed by atoms with Crippen molar-refractivity contribution in [3.63, 3.8) is 0 Å². The molecule has 134 valence electrons. The van der Waals surface area contributed by atoms with Crippen LogP contribution in [0.25, 0.3) is 0 Å². The van der Waals surface area contributed by atoms with Crippen LogP contribution in [0.4, 0.5) is 0 Å². The summed E-state index contributed by atoms with van der Waals surface area (Å²) < 4.78 is 19.5. The first kappa shape index (κ1) is 18.4. The fourth-order valence-corrected chi connectivity index (χ4v) is 5.60. The molecule has 0 saturated carbocycles. The van der Waals surface area contributed by atoms with E-state index in [1.807, 2.05) is 84.9 Å². The van der Waals surface area contributed by atoms with Crippen LogP contribution in [-0.2, 0) is 4.57 Å². The van der Waals surface area contributed by atoms with Crippen molar-refractivity contribution < 1.29 is 9.30 Å². The second-order valence-corrected chi connectivity index (χ2v) is 8.66. The van der Waals surface area contributed by atoms with Crippen molar-refractivity contribution in [1.29, 1.82) is 0 Å². The highest BCUT2D eigenvalue weighted by molar-refractivity contribution is 7.76. The molecule has 26 heavy (non-hydrogen) atoms. The largest absolute Gasteiger partial charge is 0.497 e. The number of hydrogen-bond acceptors (Lipinski definition) is 2. The average molecular weight is 365 g/mol. The van der Waals surface area contributed by atoms with Crippen LogP contribution < -0.4 is 20.4 Å². The summed E-state index contributed by atoms with van der Waals surface area (Å²) in [5.74, 6) is 0.803. The van der Waals surface area contributed by atoms with Crippen LogP contribution in [0.3, 0.4) is 0 Å². The summed E-state index contributed by atoms with van der Waals surface area (Å²) >= 11 is 0. The molecular formula is C22H24NO2P. The maximum absolute atomic E-state index is 14.2. The summed E-state index contributed by atoms with van der Waals surface area (Å²) in [6.45, 7) is 2.09. The third-order valence-electron chi connectivity index (χ3n) is 4.48. The first-order chi connectivity index (χ1) is 12.7. The average Bonchev–Trinajstić information content (AvgIpc) is 2.73. The van der Waals surface area contributed by atoms with Crippen molar-refractivity contribution in [2.24, 2.45) is 0 Å². The summed E-state index contributed by atoms with van der Waals surface area (Å²) in [7, 11) is -1.32. The van der Waals surface area contributed by atoms with Crippen molar-refractivity contribution in [3.05, 3.63) is 90.5 Å². The van der Waals surface area contributed by atoms with Gasteiger partial charge in [0.25, 0.3) is 0 Å². The molecule has 1 unspecified atom stereocenters. The standard InChI is InChI=1S/C22H24NO2P/c1-3-22(18-11-10-12-19(17-18)25-2)23-26(24,20-13-6-4-7-14-20)21-15-8-5-9-16-21/h4-17,22H,3H2,1-2H3,(H,23,24). The van der Waals surface area contributed by atoms with Crippen LogP contribution in [0, 0.1) is 0 Å². The lowest BCUT2D eigenvalue weighted by Gasteiger charge is -2.27. The highest BCUT2D eigenvalue weighted by atomic mass is 31.2. The Hall–Kier alpha value is -2.35. The fourth-order valence-electron chi connectivity index (χ4n) is 3.05. The van der Waals surface area contributed by atoms with Crippen LogP contribution in [-0.4, -0.2) is 7.11 Å². The predicted molar refractivity (Wildman–Crippen MR) is 109 cm³/mol. The van der Waals surface area contributed by atoms with Crippen LogP contribution in [0.15, 0.2) is 84.9 Å². The topological polar surface area (TPSA) is 38.3 Å². The Bertz CT molecular complexity index is 837. The molecule has 0 radical (unpaired) electrons. The molecule has 3 rings (SSSR count). The minimum absolute atomic E-state index is 0.0451. The molecule has 0 aliphatic rings. The summed E-state index contributed by atoms with van der Waals surface area (Å²) in [4.78, 5) is 0. The Morgan fingerprint density at radius 1 is 0.885 bits per heavy atom. The fraction of sp³-hybridized carbons (Fsp3) is 0.182. The number of methoxy groups -OCH3 is 1. The van der Waals surface area contributed by atoms with E-state index in [-0.39, 0.29) is 6.04 Å². The lowest BCUT2D eigenvalue weighted by molar-refractivity contribution is 0.413. The van der Waals surface area contributed by atoms with Gasteiger partial charge in [0.2, 0.25) is 7.29 Å². The molecule has 0 fully saturated rings. The van der Waals surface area contributed by atoms with E-state index in [4.69, 9.17) is 4.74 Å². The van der Waals surface area contributed by atoms with Gasteiger partial charge in [0.1, 0.15) is 5.75 Å². The number of nitrogens with one attached hydrogen (secondary N) is 1. The molecule has 0 heterocycles. The molecule has 1 atom stereocenters. The highest BCUT2D eigenvalue weighted by Crippen LogP contribution is 2.42. The third-order valence-corrected chi connectivity index (χ3v) is 7.21. The van der Waals surface area contributed by atoms with Gasteiger partial charge in [0.05, 0.1) is 7.11 Å². The first-order valence-electron chi connectivity index (χ1n) is 8.80. The molecule has 0 spiro atoms. The lowest BCUT2D eigenvalue weighted by Crippen LogP contribution is -2.30. The van der Waals surface area contributed by atoms with Gasteiger partial charge in [-0.25, -0.2) is 0 Å². The molecule has 4 heteroatoms. The van der Waals surface area contributed by atoms with E-state index in [0.717, 1.165) is 28.3 Å². The number of hydrogen-bond donors (Lipinski definition) is 1. The molecule has 0 aliphatic carbocycles. The van der Waals surface area contributed by atoms with Crippen molar-refractivity contribution >= 4 is 17.9 Å². The van der Waals surface area contributed by atoms with Crippen LogP contribution in [0.5, 0.6) is 5.75 Å². The maximum Gasteiger partial charge on any atom is 0.205 e. The van der Waals surface area contributed by atoms with Crippen LogP contribution in [0.1, 0.15) is 24.9 Å². The van der Waals surface area contributed by atoms with Gasteiger partial charge in [-0.2, -0.15) is 0 Å². The van der Waals surface area contributed by atoms with Gasteiger partial charge >= 0.3 is 0 Å². The monoisotopic (exact) mass is 365 g/mol. The van der Waals surface area contributed by atoms with E-state index < -0.39 is 7.29 Å². The SMILES string of the molecule is CCC(NP(=O)(c1ccccc1)c1ccccc1)c1cccc(OC)c1. The zero-order valence-corrected chi connectivity index (χ0v) is 16.0. The number of benzene rings is 3. The van der Waals surface area contributed by atoms with E-state index in [2.05, 4.69) is 12.0 Å². The predicted octanol–water partition coefficient (Wildman–Crippen LogP) is 4.67. The van der Waals surface area contributed by atoms with Gasteiger partial charge in [-0.05, 0) is 48.4 Å². The first-order valence-corrected chi connectivity index (χ1v) is 10.5. The molecule has 0 saturated heterocycles. The van der Waals surface area contributed by atoms with Gasteiger partial charge in [-0.1, -0.05) is 55.5 Å². The van der Waals surface area contributed by atoms with Gasteiger partial charge < -0.3 is 4.74 Å². The Morgan fingerprint density at radius 2 is 1.46 bits per heavy atom. The molecule has 3 aromatic rings. The summed E-state index contributed by atoms with van der Waals surface area (Å²) in [5.41, 5.74) is 1.07. The van der Waals surface area contributed by atoms with Crippen molar-refractivity contribution in [2.75, 3.05) is 7.11 Å². The van der Waals surface area contributed by atoms with Gasteiger partial charge in [-0.3, -0.25) is 9.65 Å². The highest BCUT2D eigenvalue weighted by Gasteiger charge is 2.30. The van der Waals surface area contributed by atoms with E-state index in [1.54, 1.807) is 7.11 Å². The van der Waals surface area contributed by atoms with Crippen LogP contribution >= 0.6 is 7.29 Å². The molecule has 1 N–H and O–H groups in total. The summed E-state index contributed by atoms with van der Waals surface area (Å²) in [6, 6.07) is 27.2. The van der Waals surface area contributed by atoms with Gasteiger partial charge in [0.15, 0.2) is 0 Å². The van der Waals surface area contributed by atoms with E-state index in [1.165, 1.54) is 0 Å². The van der Waals surface area contributed by atoms with E-state index in [9.17, 15) is 4.57 Å². The number of ether oxygens (including phenoxy) is 1. The Labute approximate surface area is 155 Å². The van der Waals surface area contributed by atoms with Crippen molar-refractivity contribution in [3.8, 4) is 5.75 Å². The second-order valence-electron chi connectivity index (χ2n) is 6.15. The molecule has 3 nitrogen and oxygen atoms in total. The van der Waals surface area contributed by atoms with E-state index in [0.29, 0.717) is 0 Å². The van der Waals surface area contributed by atoms with Gasteiger partial charge in [-0.15, -0.1) is 0 Å². The molecule has 0 aromatic heterocycles. The minimum atomic E-state index is -2.98. The molecular weight excluding hydrogens is 341 g/mol. The maximum atomic E-state index is 14.2. The zero-order valence-electron chi connectivity index (χ0n) is 15.1. The normalized spacial score (nSPS) is 12.5. The summed E-state index contributed by atoms with van der Waals surface area (Å²) in [6.07, 6.45) is 0.816. The molecule has 0 aliphatic heterocycles. The van der Waals surface area contributed by atoms with Gasteiger partial charge in [0, 0.05) is 16.7 Å². The smallest absolute Gasteiger partial charge is 0.205 e. The van der Waals surface area contributed by atoms with E-state index >= 15 is 0 Å². The second kappa shape index (κ2) is 8.35. The van der Waals surface area contributed by atoms with Crippen molar-refractivity contribution in [1.82, 2.24) is 5.09 Å². The molecule has 0 amide bonds. The lowest BCUT2D eigenvalue weighted by atomic mass is 10.1. The quantitative estimate of drug-likeness (QED) is 0.619. The molecule has 0 bridgehead atoms. The van der Waals surface area contributed by atoms with Crippen LogP contribution in [0.2, 0.25) is 0 Å². The minimum Gasteiger partial charge on any atom is -0.497 e. The Morgan fingerprint density at radius 3 is 1.96 bits per heavy atom. The Kier molecular flexibility index (Phi) is 5.92. The van der Waals surface area contributed by atoms with Crippen molar-refractivity contribution in [2.45, 2.75) is 19.4 Å². The zero-order chi connectivity index (χ0) is 18.4. The number of rotatable bonds is 7. The Balaban J connectivity index is 2.03.